The van der Waals surface area contributed by atoms with Crippen molar-refractivity contribution in [3.05, 3.63) is 69.1 Å². The van der Waals surface area contributed by atoms with Gasteiger partial charge in [0.05, 0.1) is 0 Å². The summed E-state index contributed by atoms with van der Waals surface area (Å²) in [7, 11) is 1.75. The fraction of sp³-hybridized carbons (Fsp3) is 0.353. The van der Waals surface area contributed by atoms with Gasteiger partial charge in [-0.3, -0.25) is 4.79 Å². The highest BCUT2D eigenvalue weighted by Gasteiger charge is 2.15. The molecule has 0 aliphatic rings. The second-order valence-corrected chi connectivity index (χ2v) is 6.07. The van der Waals surface area contributed by atoms with Crippen molar-refractivity contribution in [1.29, 1.82) is 0 Å². The van der Waals surface area contributed by atoms with Gasteiger partial charge in [-0.1, -0.05) is 37.6 Å². The van der Waals surface area contributed by atoms with Gasteiger partial charge in [-0.15, -0.1) is 0 Å². The van der Waals surface area contributed by atoms with E-state index in [1.165, 1.54) is 5.56 Å². The van der Waals surface area contributed by atoms with Crippen molar-refractivity contribution in [2.45, 2.75) is 26.4 Å². The Balaban J connectivity index is 2.11. The number of hydrogen-bond acceptors (Lipinski definition) is 2. The number of aryl methyl sites for hydroxylation is 1. The number of rotatable bonds is 5. The molecule has 0 saturated heterocycles. The van der Waals surface area contributed by atoms with E-state index in [0.29, 0.717) is 12.5 Å². The molecule has 4 heteroatoms. The molecular weight excluding hydrogens is 284 g/mol. The van der Waals surface area contributed by atoms with Gasteiger partial charge in [0.25, 0.3) is 5.56 Å². The zero-order valence-electron chi connectivity index (χ0n) is 12.6. The van der Waals surface area contributed by atoms with Crippen LogP contribution in [0.15, 0.2) is 47.4 Å². The SMILES string of the molecule is CC(C)C(NCc1ccn(C)c(=O)c1)c1ccc(Cl)cc1. The minimum atomic E-state index is 0.0156. The van der Waals surface area contributed by atoms with E-state index in [2.05, 4.69) is 19.2 Å². The van der Waals surface area contributed by atoms with Crippen LogP contribution in [-0.4, -0.2) is 4.57 Å². The summed E-state index contributed by atoms with van der Waals surface area (Å²) >= 11 is 5.94. The third-order valence-electron chi connectivity index (χ3n) is 3.59. The lowest BCUT2D eigenvalue weighted by Gasteiger charge is -2.23. The molecule has 0 radical (unpaired) electrons. The number of halogens is 1. The Bertz CT molecular complexity index is 647. The summed E-state index contributed by atoms with van der Waals surface area (Å²) in [5, 5.41) is 4.27. The van der Waals surface area contributed by atoms with Crippen molar-refractivity contribution in [2.75, 3.05) is 0 Å². The summed E-state index contributed by atoms with van der Waals surface area (Å²) in [5.74, 6) is 0.442. The average molecular weight is 305 g/mol. The van der Waals surface area contributed by atoms with Gasteiger partial charge in [0.2, 0.25) is 0 Å². The second kappa shape index (κ2) is 6.92. The van der Waals surface area contributed by atoms with Crippen molar-refractivity contribution in [3.63, 3.8) is 0 Å². The van der Waals surface area contributed by atoms with Gasteiger partial charge in [-0.05, 0) is 35.2 Å². The molecule has 0 spiro atoms. The zero-order chi connectivity index (χ0) is 15.4. The second-order valence-electron chi connectivity index (χ2n) is 5.64. The lowest BCUT2D eigenvalue weighted by molar-refractivity contribution is 0.410. The maximum absolute atomic E-state index is 11.6. The Kier molecular flexibility index (Phi) is 5.21. The highest BCUT2D eigenvalue weighted by Crippen LogP contribution is 2.23. The number of hydrogen-bond donors (Lipinski definition) is 1. The predicted molar refractivity (Wildman–Crippen MR) is 87.6 cm³/mol. The molecule has 1 unspecified atom stereocenters. The molecule has 0 amide bonds. The van der Waals surface area contributed by atoms with Crippen molar-refractivity contribution in [2.24, 2.45) is 13.0 Å². The monoisotopic (exact) mass is 304 g/mol. The van der Waals surface area contributed by atoms with Gasteiger partial charge >= 0.3 is 0 Å². The van der Waals surface area contributed by atoms with Crippen LogP contribution in [-0.2, 0) is 13.6 Å². The first-order chi connectivity index (χ1) is 9.97. The van der Waals surface area contributed by atoms with Crippen molar-refractivity contribution < 1.29 is 0 Å². The number of pyridine rings is 1. The zero-order valence-corrected chi connectivity index (χ0v) is 13.4. The van der Waals surface area contributed by atoms with E-state index in [9.17, 15) is 4.79 Å². The summed E-state index contributed by atoms with van der Waals surface area (Å²) in [5.41, 5.74) is 2.22. The highest BCUT2D eigenvalue weighted by molar-refractivity contribution is 6.30. The fourth-order valence-electron chi connectivity index (χ4n) is 2.34. The minimum Gasteiger partial charge on any atom is -0.319 e. The number of aromatic nitrogens is 1. The van der Waals surface area contributed by atoms with Gasteiger partial charge in [-0.25, -0.2) is 0 Å². The maximum atomic E-state index is 11.6. The van der Waals surface area contributed by atoms with E-state index < -0.39 is 0 Å². The van der Waals surface area contributed by atoms with E-state index in [1.54, 1.807) is 23.9 Å². The van der Waals surface area contributed by atoms with E-state index in [1.807, 2.05) is 30.3 Å². The van der Waals surface area contributed by atoms with Crippen LogP contribution >= 0.6 is 11.6 Å². The fourth-order valence-corrected chi connectivity index (χ4v) is 2.46. The molecule has 1 atom stereocenters. The van der Waals surface area contributed by atoms with Crippen LogP contribution in [0.1, 0.15) is 31.0 Å². The number of benzene rings is 1. The first-order valence-electron chi connectivity index (χ1n) is 7.12. The van der Waals surface area contributed by atoms with Gasteiger partial charge in [0.15, 0.2) is 0 Å². The molecule has 0 saturated carbocycles. The Morgan fingerprint density at radius 3 is 2.43 bits per heavy atom. The maximum Gasteiger partial charge on any atom is 0.250 e. The van der Waals surface area contributed by atoms with Gasteiger partial charge in [0, 0.05) is 36.9 Å². The molecule has 3 nitrogen and oxygen atoms in total. The van der Waals surface area contributed by atoms with E-state index in [4.69, 9.17) is 11.6 Å². The average Bonchev–Trinajstić information content (AvgIpc) is 2.44. The summed E-state index contributed by atoms with van der Waals surface area (Å²) in [6.45, 7) is 5.02. The Morgan fingerprint density at radius 1 is 1.19 bits per heavy atom. The molecule has 21 heavy (non-hydrogen) atoms. The smallest absolute Gasteiger partial charge is 0.250 e. The minimum absolute atomic E-state index is 0.0156. The molecule has 0 fully saturated rings. The number of nitrogens with zero attached hydrogens (tertiary/aromatic N) is 1. The van der Waals surface area contributed by atoms with Crippen LogP contribution in [0.5, 0.6) is 0 Å². The Hall–Kier alpha value is -1.58. The molecule has 1 N–H and O–H groups in total. The van der Waals surface area contributed by atoms with Crippen molar-refractivity contribution >= 4 is 11.6 Å². The third-order valence-corrected chi connectivity index (χ3v) is 3.84. The van der Waals surface area contributed by atoms with Gasteiger partial charge < -0.3 is 9.88 Å². The standard InChI is InChI=1S/C17H21ClN2O/c1-12(2)17(14-4-6-15(18)7-5-14)19-11-13-8-9-20(3)16(21)10-13/h4-10,12,17,19H,11H2,1-3H3. The summed E-state index contributed by atoms with van der Waals surface area (Å²) in [6.07, 6.45) is 1.80. The summed E-state index contributed by atoms with van der Waals surface area (Å²) < 4.78 is 1.57. The van der Waals surface area contributed by atoms with Gasteiger partial charge in [-0.2, -0.15) is 0 Å². The number of nitrogens with one attached hydrogen (secondary N) is 1. The van der Waals surface area contributed by atoms with Crippen LogP contribution in [0, 0.1) is 5.92 Å². The molecule has 0 aliphatic heterocycles. The largest absolute Gasteiger partial charge is 0.319 e. The molecule has 0 aliphatic carbocycles. The summed E-state index contributed by atoms with van der Waals surface area (Å²) in [6, 6.07) is 11.8. The molecule has 2 rings (SSSR count). The van der Waals surface area contributed by atoms with Crippen LogP contribution in [0.25, 0.3) is 0 Å². The molecular formula is C17H21ClN2O. The Morgan fingerprint density at radius 2 is 1.86 bits per heavy atom. The van der Waals surface area contributed by atoms with Crippen molar-refractivity contribution in [3.8, 4) is 0 Å². The van der Waals surface area contributed by atoms with Crippen LogP contribution in [0.2, 0.25) is 5.02 Å². The molecule has 1 aromatic heterocycles. The highest BCUT2D eigenvalue weighted by atomic mass is 35.5. The molecule has 0 bridgehead atoms. The topological polar surface area (TPSA) is 34.0 Å². The van der Waals surface area contributed by atoms with Crippen LogP contribution < -0.4 is 10.9 Å². The molecule has 2 aromatic rings. The van der Waals surface area contributed by atoms with Gasteiger partial charge in [0.1, 0.15) is 0 Å². The third kappa shape index (κ3) is 4.19. The van der Waals surface area contributed by atoms with Crippen LogP contribution in [0.4, 0.5) is 0 Å². The van der Waals surface area contributed by atoms with E-state index >= 15 is 0 Å². The Labute approximate surface area is 130 Å². The first kappa shape index (κ1) is 15.8. The predicted octanol–water partition coefficient (Wildman–Crippen LogP) is 3.53. The first-order valence-corrected chi connectivity index (χ1v) is 7.49. The normalized spacial score (nSPS) is 12.6. The van der Waals surface area contributed by atoms with Crippen molar-refractivity contribution in [1.82, 2.24) is 9.88 Å². The lowest BCUT2D eigenvalue weighted by Crippen LogP contribution is -2.26. The molecule has 112 valence electrons. The quantitative estimate of drug-likeness (QED) is 0.917. The van der Waals surface area contributed by atoms with E-state index in [-0.39, 0.29) is 11.6 Å². The molecule has 1 heterocycles. The molecule has 1 aromatic carbocycles. The lowest BCUT2D eigenvalue weighted by atomic mass is 9.96. The summed E-state index contributed by atoms with van der Waals surface area (Å²) in [4.78, 5) is 11.6. The van der Waals surface area contributed by atoms with E-state index in [0.717, 1.165) is 10.6 Å². The van der Waals surface area contributed by atoms with Crippen LogP contribution in [0.3, 0.4) is 0 Å².